The van der Waals surface area contributed by atoms with Crippen LogP contribution >= 0.6 is 0 Å². The summed E-state index contributed by atoms with van der Waals surface area (Å²) in [6, 6.07) is 6.49. The van der Waals surface area contributed by atoms with E-state index in [1.54, 1.807) is 24.3 Å². The molecule has 24 heavy (non-hydrogen) atoms. The van der Waals surface area contributed by atoms with Crippen molar-refractivity contribution in [2.45, 2.75) is 32.9 Å². The predicted octanol–water partition coefficient (Wildman–Crippen LogP) is -0.279. The Morgan fingerprint density at radius 2 is 1.79 bits per heavy atom. The number of hydrogen-bond donors (Lipinski definition) is 3. The van der Waals surface area contributed by atoms with Gasteiger partial charge >= 0.3 is 0 Å². The Labute approximate surface area is 137 Å². The maximum atomic E-state index is 12.3. The van der Waals surface area contributed by atoms with Gasteiger partial charge in [-0.05, 0) is 26.0 Å². The van der Waals surface area contributed by atoms with Crippen molar-refractivity contribution in [2.75, 3.05) is 6.54 Å². The van der Waals surface area contributed by atoms with Crippen molar-refractivity contribution >= 4 is 22.6 Å². The summed E-state index contributed by atoms with van der Waals surface area (Å²) in [7, 11) is 0. The van der Waals surface area contributed by atoms with Gasteiger partial charge in [-0.15, -0.1) is 0 Å². The summed E-state index contributed by atoms with van der Waals surface area (Å²) >= 11 is 0. The number of rotatable bonds is 6. The lowest BCUT2D eigenvalue weighted by atomic mass is 10.2. The van der Waals surface area contributed by atoms with Crippen molar-refractivity contribution in [3.8, 4) is 0 Å². The van der Waals surface area contributed by atoms with Crippen molar-refractivity contribution in [1.82, 2.24) is 20.4 Å². The second-order valence-electron chi connectivity index (χ2n) is 5.69. The molecular weight excluding hydrogens is 312 g/mol. The van der Waals surface area contributed by atoms with Gasteiger partial charge < -0.3 is 10.6 Å². The first-order chi connectivity index (χ1) is 11.4. The standard InChI is InChI=1S/C16H20N4O4/c1-10(2)18-14(22)9-17-13(21)7-8-20-16(24)12-6-4-3-5-11(12)15(23)19-20/h3-6,10H,7-9H2,1-2H3,(H,17,21)(H,18,22)(H,19,23). The van der Waals surface area contributed by atoms with Crippen LogP contribution in [-0.4, -0.2) is 34.2 Å². The zero-order chi connectivity index (χ0) is 17.7. The fourth-order valence-electron chi connectivity index (χ4n) is 2.26. The molecule has 0 saturated heterocycles. The SMILES string of the molecule is CC(C)NC(=O)CNC(=O)CCn1[nH]c(=O)c2ccccc2c1=O. The quantitative estimate of drug-likeness (QED) is 0.675. The predicted molar refractivity (Wildman–Crippen MR) is 89.7 cm³/mol. The van der Waals surface area contributed by atoms with Crippen molar-refractivity contribution < 1.29 is 9.59 Å². The lowest BCUT2D eigenvalue weighted by molar-refractivity contribution is -0.126. The molecule has 128 valence electrons. The van der Waals surface area contributed by atoms with Crippen LogP contribution < -0.4 is 21.8 Å². The summed E-state index contributed by atoms with van der Waals surface area (Å²) in [4.78, 5) is 47.4. The molecule has 2 amide bonds. The van der Waals surface area contributed by atoms with E-state index in [4.69, 9.17) is 0 Å². The van der Waals surface area contributed by atoms with E-state index in [-0.39, 0.29) is 48.5 Å². The maximum absolute atomic E-state index is 12.3. The molecule has 2 rings (SSSR count). The number of nitrogens with zero attached hydrogens (tertiary/aromatic N) is 1. The number of H-pyrrole nitrogens is 1. The molecule has 0 atom stereocenters. The summed E-state index contributed by atoms with van der Waals surface area (Å²) < 4.78 is 1.11. The van der Waals surface area contributed by atoms with Gasteiger partial charge in [0.2, 0.25) is 11.8 Å². The average Bonchev–Trinajstić information content (AvgIpc) is 2.54. The van der Waals surface area contributed by atoms with E-state index in [1.165, 1.54) is 0 Å². The molecule has 8 heteroatoms. The van der Waals surface area contributed by atoms with Crippen molar-refractivity contribution in [2.24, 2.45) is 0 Å². The molecule has 0 saturated carbocycles. The van der Waals surface area contributed by atoms with E-state index in [9.17, 15) is 19.2 Å². The first-order valence-electron chi connectivity index (χ1n) is 7.66. The molecule has 1 aromatic carbocycles. The van der Waals surface area contributed by atoms with Crippen molar-refractivity contribution in [3.05, 3.63) is 45.0 Å². The number of fused-ring (bicyclic) bond motifs is 1. The molecule has 1 heterocycles. The Hall–Kier alpha value is -2.90. The molecular formula is C16H20N4O4. The minimum Gasteiger partial charge on any atom is -0.352 e. The second kappa shape index (κ2) is 7.58. The lowest BCUT2D eigenvalue weighted by Gasteiger charge is -2.10. The topological polar surface area (TPSA) is 113 Å². The Bertz CT molecular complexity index is 866. The molecule has 1 aromatic heterocycles. The number of aromatic nitrogens is 2. The number of aromatic amines is 1. The maximum Gasteiger partial charge on any atom is 0.273 e. The molecule has 0 aliphatic carbocycles. The minimum atomic E-state index is -0.387. The van der Waals surface area contributed by atoms with Crippen LogP contribution in [0.2, 0.25) is 0 Å². The number of aryl methyl sites for hydroxylation is 1. The van der Waals surface area contributed by atoms with E-state index in [2.05, 4.69) is 15.7 Å². The van der Waals surface area contributed by atoms with Crippen LogP contribution in [0.4, 0.5) is 0 Å². The largest absolute Gasteiger partial charge is 0.352 e. The normalized spacial score (nSPS) is 10.8. The number of carbonyl (C=O) groups is 2. The van der Waals surface area contributed by atoms with Crippen LogP contribution in [-0.2, 0) is 16.1 Å². The van der Waals surface area contributed by atoms with E-state index >= 15 is 0 Å². The fraction of sp³-hybridized carbons (Fsp3) is 0.375. The monoisotopic (exact) mass is 332 g/mol. The molecule has 0 aliphatic heterocycles. The van der Waals surface area contributed by atoms with Crippen molar-refractivity contribution in [1.29, 1.82) is 0 Å². The lowest BCUT2D eigenvalue weighted by Crippen LogP contribution is -2.40. The van der Waals surface area contributed by atoms with Gasteiger partial charge in [0.25, 0.3) is 11.1 Å². The molecule has 0 unspecified atom stereocenters. The van der Waals surface area contributed by atoms with Gasteiger partial charge in [0.05, 0.1) is 23.9 Å². The summed E-state index contributed by atoms with van der Waals surface area (Å²) in [6.07, 6.45) is -0.0247. The second-order valence-corrected chi connectivity index (χ2v) is 5.69. The Morgan fingerprint density at radius 1 is 1.12 bits per heavy atom. The van der Waals surface area contributed by atoms with Crippen LogP contribution in [0.25, 0.3) is 10.8 Å². The average molecular weight is 332 g/mol. The van der Waals surface area contributed by atoms with Gasteiger partial charge in [0.1, 0.15) is 0 Å². The summed E-state index contributed by atoms with van der Waals surface area (Å²) in [5.41, 5.74) is -0.752. The van der Waals surface area contributed by atoms with Crippen LogP contribution in [0.3, 0.4) is 0 Å². The fourth-order valence-corrected chi connectivity index (χ4v) is 2.26. The summed E-state index contributed by atoms with van der Waals surface area (Å²) in [5, 5.41) is 8.19. The van der Waals surface area contributed by atoms with E-state index < -0.39 is 0 Å². The first kappa shape index (κ1) is 17.5. The third kappa shape index (κ3) is 4.31. The number of hydrogen-bond acceptors (Lipinski definition) is 4. The first-order valence-corrected chi connectivity index (χ1v) is 7.66. The van der Waals surface area contributed by atoms with Gasteiger partial charge in [0, 0.05) is 12.5 Å². The van der Waals surface area contributed by atoms with Gasteiger partial charge in [-0.2, -0.15) is 0 Å². The van der Waals surface area contributed by atoms with Crippen LogP contribution in [0.15, 0.2) is 33.9 Å². The van der Waals surface area contributed by atoms with Crippen LogP contribution in [0, 0.1) is 0 Å². The molecule has 0 radical (unpaired) electrons. The molecule has 2 aromatic rings. The van der Waals surface area contributed by atoms with Gasteiger partial charge in [-0.1, -0.05) is 12.1 Å². The highest BCUT2D eigenvalue weighted by molar-refractivity contribution is 5.84. The molecule has 0 fully saturated rings. The summed E-state index contributed by atoms with van der Waals surface area (Å²) in [6.45, 7) is 3.54. The minimum absolute atomic E-state index is 0.00402. The van der Waals surface area contributed by atoms with Gasteiger partial charge in [-0.3, -0.25) is 24.3 Å². The zero-order valence-electron chi connectivity index (χ0n) is 13.6. The highest BCUT2D eigenvalue weighted by Gasteiger charge is 2.10. The summed E-state index contributed by atoms with van der Waals surface area (Å²) in [5.74, 6) is -0.663. The molecule has 8 nitrogen and oxygen atoms in total. The Morgan fingerprint density at radius 3 is 2.46 bits per heavy atom. The van der Waals surface area contributed by atoms with Crippen molar-refractivity contribution in [3.63, 3.8) is 0 Å². The van der Waals surface area contributed by atoms with Crippen LogP contribution in [0.1, 0.15) is 20.3 Å². The number of benzene rings is 1. The Kier molecular flexibility index (Phi) is 5.51. The third-order valence-corrected chi connectivity index (χ3v) is 3.34. The number of carbonyl (C=O) groups excluding carboxylic acids is 2. The number of amides is 2. The van der Waals surface area contributed by atoms with E-state index in [0.29, 0.717) is 10.8 Å². The van der Waals surface area contributed by atoms with Gasteiger partial charge in [-0.25, -0.2) is 4.68 Å². The smallest absolute Gasteiger partial charge is 0.273 e. The third-order valence-electron chi connectivity index (χ3n) is 3.34. The number of nitrogens with one attached hydrogen (secondary N) is 3. The van der Waals surface area contributed by atoms with Gasteiger partial charge in [0.15, 0.2) is 0 Å². The molecule has 0 bridgehead atoms. The molecule has 0 spiro atoms. The molecule has 3 N–H and O–H groups in total. The van der Waals surface area contributed by atoms with Crippen LogP contribution in [0.5, 0.6) is 0 Å². The zero-order valence-corrected chi connectivity index (χ0v) is 13.6. The Balaban J connectivity index is 2.00. The molecule has 0 aliphatic rings. The highest BCUT2D eigenvalue weighted by atomic mass is 16.2. The van der Waals surface area contributed by atoms with E-state index in [1.807, 2.05) is 13.8 Å². The highest BCUT2D eigenvalue weighted by Crippen LogP contribution is 2.02. The van der Waals surface area contributed by atoms with E-state index in [0.717, 1.165) is 4.68 Å².